The van der Waals surface area contributed by atoms with E-state index >= 15 is 0 Å². The van der Waals surface area contributed by atoms with Crippen LogP contribution in [0.5, 0.6) is 0 Å². The third-order valence-electron chi connectivity index (χ3n) is 4.53. The van der Waals surface area contributed by atoms with Crippen molar-refractivity contribution in [3.8, 4) is 0 Å². The van der Waals surface area contributed by atoms with Crippen LogP contribution in [0.4, 0.5) is 74.6 Å². The molecule has 0 saturated heterocycles. The van der Waals surface area contributed by atoms with Crippen LogP contribution in [0, 0.1) is 0 Å². The predicted molar refractivity (Wildman–Crippen MR) is 83.2 cm³/mol. The summed E-state index contributed by atoms with van der Waals surface area (Å²) in [5.41, 5.74) is 0. The van der Waals surface area contributed by atoms with Crippen molar-refractivity contribution in [2.24, 2.45) is 0 Å². The summed E-state index contributed by atoms with van der Waals surface area (Å²) in [5, 5.41) is 0.959. The third kappa shape index (κ3) is 4.68. The van der Waals surface area contributed by atoms with Crippen molar-refractivity contribution in [1.29, 1.82) is 0 Å². The standard InChI is InChI=1S/C14H14F17NO3S/c1-2-32(5-3-4-6-33)36(34,35)14(30,31)12(25,26)10(21,22)8(17,18)7(15,16)9(19,20)11(23,24)13(27,28)29/h33H,2-6H2,1H3. The first-order valence-electron chi connectivity index (χ1n) is 8.84. The lowest BCUT2D eigenvalue weighted by Crippen LogP contribution is -2.75. The molecule has 0 spiro atoms. The second kappa shape index (κ2) is 9.77. The van der Waals surface area contributed by atoms with E-state index in [9.17, 15) is 83.1 Å². The molecule has 1 N–H and O–H groups in total. The van der Waals surface area contributed by atoms with Gasteiger partial charge in [-0.2, -0.15) is 78.9 Å². The molecular formula is C14H14F17NO3S. The zero-order chi connectivity index (χ0) is 29.6. The monoisotopic (exact) mass is 599 g/mol. The van der Waals surface area contributed by atoms with E-state index in [2.05, 4.69) is 0 Å². The largest absolute Gasteiger partial charge is 0.460 e. The Balaban J connectivity index is 6.89. The molecule has 0 radical (unpaired) electrons. The van der Waals surface area contributed by atoms with E-state index in [4.69, 9.17) is 5.11 Å². The van der Waals surface area contributed by atoms with Gasteiger partial charge >= 0.3 is 47.0 Å². The zero-order valence-electron chi connectivity index (χ0n) is 17.1. The fraction of sp³-hybridized carbons (Fsp3) is 1.00. The van der Waals surface area contributed by atoms with E-state index in [0.717, 1.165) is 0 Å². The van der Waals surface area contributed by atoms with Crippen molar-refractivity contribution in [2.75, 3.05) is 19.7 Å². The van der Waals surface area contributed by atoms with E-state index in [0.29, 0.717) is 6.92 Å². The van der Waals surface area contributed by atoms with Gasteiger partial charge in [-0.15, -0.1) is 0 Å². The number of aliphatic hydroxyl groups is 1. The van der Waals surface area contributed by atoms with Gasteiger partial charge in [0, 0.05) is 19.7 Å². The average Bonchev–Trinajstić information content (AvgIpc) is 2.69. The number of hydrogen-bond acceptors (Lipinski definition) is 3. The molecule has 36 heavy (non-hydrogen) atoms. The molecule has 0 amide bonds. The van der Waals surface area contributed by atoms with Gasteiger partial charge in [0.05, 0.1) is 0 Å². The number of sulfonamides is 1. The topological polar surface area (TPSA) is 57.6 Å². The van der Waals surface area contributed by atoms with Crippen LogP contribution in [0.1, 0.15) is 19.8 Å². The van der Waals surface area contributed by atoms with E-state index in [1.807, 2.05) is 0 Å². The Morgan fingerprint density at radius 2 is 0.917 bits per heavy atom. The number of unbranched alkanes of at least 4 members (excludes halogenated alkanes) is 1. The Kier molecular flexibility index (Phi) is 9.41. The quantitative estimate of drug-likeness (QED) is 0.229. The van der Waals surface area contributed by atoms with Gasteiger partial charge in [-0.25, -0.2) is 8.42 Å². The molecule has 0 unspecified atom stereocenters. The Morgan fingerprint density at radius 1 is 0.583 bits per heavy atom. The van der Waals surface area contributed by atoms with Crippen molar-refractivity contribution < 1.29 is 88.2 Å². The second-order valence-corrected chi connectivity index (χ2v) is 8.87. The second-order valence-electron chi connectivity index (χ2n) is 6.89. The summed E-state index contributed by atoms with van der Waals surface area (Å²) in [5.74, 6) is -51.7. The molecule has 218 valence electrons. The minimum absolute atomic E-state index is 0.434. The average molecular weight is 599 g/mol. The highest BCUT2D eigenvalue weighted by molar-refractivity contribution is 7.90. The van der Waals surface area contributed by atoms with E-state index < -0.39 is 93.8 Å². The maximum atomic E-state index is 14.1. The lowest BCUT2D eigenvalue weighted by Gasteiger charge is -2.43. The number of hydrogen-bond donors (Lipinski definition) is 1. The van der Waals surface area contributed by atoms with Crippen molar-refractivity contribution in [3.05, 3.63) is 0 Å². The molecule has 0 aromatic rings. The van der Waals surface area contributed by atoms with Crippen LogP contribution in [-0.4, -0.2) is 84.5 Å². The highest BCUT2D eigenvalue weighted by Gasteiger charge is 2.96. The molecule has 0 aliphatic heterocycles. The van der Waals surface area contributed by atoms with Gasteiger partial charge < -0.3 is 5.11 Å². The van der Waals surface area contributed by atoms with Crippen molar-refractivity contribution in [2.45, 2.75) is 66.7 Å². The Hall–Kier alpha value is -1.32. The number of alkyl halides is 17. The van der Waals surface area contributed by atoms with Gasteiger partial charge in [0.15, 0.2) is 0 Å². The van der Waals surface area contributed by atoms with Crippen LogP contribution in [0.2, 0.25) is 0 Å². The maximum absolute atomic E-state index is 14.1. The van der Waals surface area contributed by atoms with Gasteiger partial charge in [0.25, 0.3) is 10.0 Å². The normalized spacial score (nSPS) is 16.1. The molecule has 0 atom stereocenters. The molecule has 0 aromatic carbocycles. The molecule has 0 saturated carbocycles. The summed E-state index contributed by atoms with van der Waals surface area (Å²) < 4.78 is 248. The SMILES string of the molecule is CCN(CCCCO)S(=O)(=O)C(F)(F)C(F)(F)C(F)(F)C(F)(F)C(F)(F)C(F)(F)C(F)(F)C(F)(F)F. The molecular weight excluding hydrogens is 585 g/mol. The van der Waals surface area contributed by atoms with Gasteiger partial charge in [0.1, 0.15) is 0 Å². The molecule has 0 fully saturated rings. The Morgan fingerprint density at radius 3 is 1.22 bits per heavy atom. The molecule has 0 heterocycles. The first kappa shape index (κ1) is 34.7. The van der Waals surface area contributed by atoms with E-state index in [-0.39, 0.29) is 0 Å². The summed E-state index contributed by atoms with van der Waals surface area (Å²) in [6, 6.07) is 0. The number of halogens is 17. The van der Waals surface area contributed by atoms with Crippen LogP contribution in [0.25, 0.3) is 0 Å². The minimum atomic E-state index is -8.85. The molecule has 22 heteroatoms. The molecule has 0 aliphatic rings. The van der Waals surface area contributed by atoms with Crippen LogP contribution in [0.3, 0.4) is 0 Å². The van der Waals surface area contributed by atoms with Crippen molar-refractivity contribution in [1.82, 2.24) is 4.31 Å². The first-order valence-corrected chi connectivity index (χ1v) is 10.3. The molecule has 4 nitrogen and oxygen atoms in total. The van der Waals surface area contributed by atoms with Gasteiger partial charge in [-0.3, -0.25) is 0 Å². The molecule has 0 bridgehead atoms. The maximum Gasteiger partial charge on any atom is 0.460 e. The van der Waals surface area contributed by atoms with Crippen LogP contribution >= 0.6 is 0 Å². The summed E-state index contributed by atoms with van der Waals surface area (Å²) in [6.45, 7) is -2.77. The molecule has 0 aliphatic carbocycles. The molecule has 0 rings (SSSR count). The lowest BCUT2D eigenvalue weighted by atomic mass is 9.91. The molecule has 0 aromatic heterocycles. The minimum Gasteiger partial charge on any atom is -0.396 e. The highest BCUT2D eigenvalue weighted by Crippen LogP contribution is 2.64. The third-order valence-corrected chi connectivity index (χ3v) is 6.55. The number of rotatable bonds is 13. The van der Waals surface area contributed by atoms with Gasteiger partial charge in [-0.05, 0) is 12.8 Å². The van der Waals surface area contributed by atoms with E-state index in [1.54, 1.807) is 0 Å². The Labute approximate surface area is 190 Å². The van der Waals surface area contributed by atoms with Crippen LogP contribution < -0.4 is 0 Å². The summed E-state index contributed by atoms with van der Waals surface area (Å²) in [7, 11) is -7.27. The summed E-state index contributed by atoms with van der Waals surface area (Å²) in [4.78, 5) is 0. The number of aliphatic hydroxyl groups excluding tert-OH is 1. The number of nitrogens with zero attached hydrogens (tertiary/aromatic N) is 1. The fourth-order valence-electron chi connectivity index (χ4n) is 2.32. The smallest absolute Gasteiger partial charge is 0.396 e. The summed E-state index contributed by atoms with van der Waals surface area (Å²) >= 11 is 0. The fourth-order valence-corrected chi connectivity index (χ4v) is 3.81. The van der Waals surface area contributed by atoms with Gasteiger partial charge in [-0.1, -0.05) is 6.92 Å². The van der Waals surface area contributed by atoms with E-state index in [1.165, 1.54) is 0 Å². The first-order chi connectivity index (χ1) is 15.5. The predicted octanol–water partition coefficient (Wildman–Crippen LogP) is 5.38. The van der Waals surface area contributed by atoms with Gasteiger partial charge in [0.2, 0.25) is 0 Å². The zero-order valence-corrected chi connectivity index (χ0v) is 17.9. The van der Waals surface area contributed by atoms with Crippen LogP contribution in [0.15, 0.2) is 0 Å². The summed E-state index contributed by atoms with van der Waals surface area (Å²) in [6.07, 6.45) is -8.97. The van der Waals surface area contributed by atoms with Crippen LogP contribution in [-0.2, 0) is 10.0 Å². The Bertz CT molecular complexity index is 868. The van der Waals surface area contributed by atoms with Crippen molar-refractivity contribution >= 4 is 10.0 Å². The lowest BCUT2D eigenvalue weighted by molar-refractivity contribution is -0.458. The highest BCUT2D eigenvalue weighted by atomic mass is 32.2. The van der Waals surface area contributed by atoms with Crippen molar-refractivity contribution in [3.63, 3.8) is 0 Å².